The van der Waals surface area contributed by atoms with Crippen LogP contribution < -0.4 is 11.1 Å². The van der Waals surface area contributed by atoms with E-state index in [4.69, 9.17) is 5.73 Å². The minimum atomic E-state index is -0.243. The van der Waals surface area contributed by atoms with Crippen molar-refractivity contribution in [3.05, 3.63) is 36.3 Å². The highest BCUT2D eigenvalue weighted by atomic mass is 19.1. The van der Waals surface area contributed by atoms with Crippen LogP contribution in [0.2, 0.25) is 0 Å². The maximum absolute atomic E-state index is 13.5. The summed E-state index contributed by atoms with van der Waals surface area (Å²) in [7, 11) is 0. The Bertz CT molecular complexity index is 780. The van der Waals surface area contributed by atoms with Crippen molar-refractivity contribution in [2.24, 2.45) is 11.1 Å². The second kappa shape index (κ2) is 5.70. The lowest BCUT2D eigenvalue weighted by Gasteiger charge is -2.59. The van der Waals surface area contributed by atoms with E-state index in [2.05, 4.69) is 15.2 Å². The molecule has 126 valence electrons. The molecule has 1 amide bonds. The van der Waals surface area contributed by atoms with E-state index in [1.807, 2.05) is 6.07 Å². The number of aromatic nitrogens is 1. The van der Waals surface area contributed by atoms with Gasteiger partial charge < -0.3 is 16.0 Å². The Morgan fingerprint density at radius 2 is 2.17 bits per heavy atom. The van der Waals surface area contributed by atoms with Crippen molar-refractivity contribution >= 4 is 22.5 Å². The number of carbonyl (C=O) groups excluding carboxylic acids is 1. The van der Waals surface area contributed by atoms with E-state index in [-0.39, 0.29) is 11.7 Å². The predicted octanol–water partition coefficient (Wildman–Crippen LogP) is 2.13. The van der Waals surface area contributed by atoms with E-state index < -0.39 is 0 Å². The molecule has 0 bridgehead atoms. The summed E-state index contributed by atoms with van der Waals surface area (Å²) in [4.78, 5) is 17.4. The standard InChI is InChI=1S/C18H21FN4O/c19-12-1-2-15-14(7-12)16(3-5-21-15)22-13-8-18(9-13)10-23(11-18)6-4-17(20)24/h1-3,5,7,13H,4,6,8-11H2,(H2,20,24)(H,21,22). The van der Waals surface area contributed by atoms with E-state index in [0.717, 1.165) is 49.1 Å². The maximum Gasteiger partial charge on any atom is 0.218 e. The highest BCUT2D eigenvalue weighted by Gasteiger charge is 2.51. The number of anilines is 1. The van der Waals surface area contributed by atoms with Gasteiger partial charge in [-0.25, -0.2) is 4.39 Å². The van der Waals surface area contributed by atoms with Crippen molar-refractivity contribution in [2.45, 2.75) is 25.3 Å². The molecule has 2 heterocycles. The molecular formula is C18H21FN4O. The Kier molecular flexibility index (Phi) is 3.64. The molecule has 1 saturated carbocycles. The summed E-state index contributed by atoms with van der Waals surface area (Å²) < 4.78 is 13.5. The summed E-state index contributed by atoms with van der Waals surface area (Å²) in [6, 6.07) is 7.01. The number of amides is 1. The first-order valence-electron chi connectivity index (χ1n) is 8.35. The maximum atomic E-state index is 13.5. The van der Waals surface area contributed by atoms with Crippen LogP contribution in [0.1, 0.15) is 19.3 Å². The Balaban J connectivity index is 1.35. The number of benzene rings is 1. The van der Waals surface area contributed by atoms with Crippen LogP contribution >= 0.6 is 0 Å². The minimum Gasteiger partial charge on any atom is -0.382 e. The zero-order chi connectivity index (χ0) is 16.7. The number of likely N-dealkylation sites (tertiary alicyclic amines) is 1. The van der Waals surface area contributed by atoms with Crippen LogP contribution in [0.5, 0.6) is 0 Å². The Hall–Kier alpha value is -2.21. The molecule has 1 saturated heterocycles. The molecule has 2 fully saturated rings. The summed E-state index contributed by atoms with van der Waals surface area (Å²) in [6.07, 6.45) is 4.41. The SMILES string of the molecule is NC(=O)CCN1CC2(CC(Nc3ccnc4ccc(F)cc34)C2)C1. The van der Waals surface area contributed by atoms with Gasteiger partial charge in [0.2, 0.25) is 5.91 Å². The lowest BCUT2D eigenvalue weighted by atomic mass is 9.60. The smallest absolute Gasteiger partial charge is 0.218 e. The number of hydrogen-bond donors (Lipinski definition) is 2. The van der Waals surface area contributed by atoms with E-state index in [9.17, 15) is 9.18 Å². The second-order valence-corrected chi connectivity index (χ2v) is 7.20. The number of halogens is 1. The quantitative estimate of drug-likeness (QED) is 0.882. The predicted molar refractivity (Wildman–Crippen MR) is 91.0 cm³/mol. The molecule has 24 heavy (non-hydrogen) atoms. The topological polar surface area (TPSA) is 71.2 Å². The fourth-order valence-electron chi connectivity index (χ4n) is 4.14. The van der Waals surface area contributed by atoms with Gasteiger partial charge in [-0.3, -0.25) is 9.78 Å². The number of rotatable bonds is 5. The van der Waals surface area contributed by atoms with Crippen LogP contribution in [-0.4, -0.2) is 41.5 Å². The van der Waals surface area contributed by atoms with Crippen LogP contribution in [0.25, 0.3) is 10.9 Å². The van der Waals surface area contributed by atoms with Gasteiger partial charge in [0.15, 0.2) is 0 Å². The molecule has 6 heteroatoms. The van der Waals surface area contributed by atoms with Crippen molar-refractivity contribution < 1.29 is 9.18 Å². The van der Waals surface area contributed by atoms with Gasteiger partial charge in [0.25, 0.3) is 0 Å². The first kappa shape index (κ1) is 15.3. The zero-order valence-corrected chi connectivity index (χ0v) is 13.5. The summed E-state index contributed by atoms with van der Waals surface area (Å²) in [5.74, 6) is -0.478. The van der Waals surface area contributed by atoms with Gasteiger partial charge in [-0.05, 0) is 42.5 Å². The summed E-state index contributed by atoms with van der Waals surface area (Å²) in [5, 5.41) is 4.37. The van der Waals surface area contributed by atoms with Crippen LogP contribution in [0.15, 0.2) is 30.5 Å². The normalized spacial score (nSPS) is 19.9. The fourth-order valence-corrected chi connectivity index (χ4v) is 4.14. The minimum absolute atomic E-state index is 0.235. The second-order valence-electron chi connectivity index (χ2n) is 7.20. The summed E-state index contributed by atoms with van der Waals surface area (Å²) in [5.41, 5.74) is 7.33. The van der Waals surface area contributed by atoms with Gasteiger partial charge in [-0.2, -0.15) is 0 Å². The summed E-state index contributed by atoms with van der Waals surface area (Å²) in [6.45, 7) is 2.86. The molecule has 1 aliphatic heterocycles. The number of nitrogens with two attached hydrogens (primary N) is 1. The number of nitrogens with zero attached hydrogens (tertiary/aromatic N) is 2. The molecular weight excluding hydrogens is 307 g/mol. The third kappa shape index (κ3) is 2.82. The lowest BCUT2D eigenvalue weighted by Crippen LogP contribution is -2.65. The largest absolute Gasteiger partial charge is 0.382 e. The Morgan fingerprint density at radius 3 is 2.92 bits per heavy atom. The molecule has 1 aromatic heterocycles. The summed E-state index contributed by atoms with van der Waals surface area (Å²) >= 11 is 0. The van der Waals surface area contributed by atoms with Gasteiger partial charge >= 0.3 is 0 Å². The molecule has 1 spiro atoms. The van der Waals surface area contributed by atoms with Gasteiger partial charge in [0.05, 0.1) is 5.52 Å². The average Bonchev–Trinajstić information content (AvgIpc) is 2.47. The molecule has 1 aromatic carbocycles. The van der Waals surface area contributed by atoms with Crippen molar-refractivity contribution in [1.82, 2.24) is 9.88 Å². The van der Waals surface area contributed by atoms with E-state index in [0.29, 0.717) is 17.9 Å². The first-order chi connectivity index (χ1) is 11.5. The van der Waals surface area contributed by atoms with Crippen molar-refractivity contribution in [2.75, 3.05) is 25.0 Å². The van der Waals surface area contributed by atoms with E-state index in [1.165, 1.54) is 12.1 Å². The molecule has 0 atom stereocenters. The molecule has 3 N–H and O–H groups in total. The molecule has 5 nitrogen and oxygen atoms in total. The Morgan fingerprint density at radius 1 is 1.38 bits per heavy atom. The lowest BCUT2D eigenvalue weighted by molar-refractivity contribution is -0.120. The number of pyridine rings is 1. The van der Waals surface area contributed by atoms with Crippen molar-refractivity contribution in [3.8, 4) is 0 Å². The van der Waals surface area contributed by atoms with Crippen LogP contribution in [0.3, 0.4) is 0 Å². The third-order valence-electron chi connectivity index (χ3n) is 5.21. The molecule has 0 radical (unpaired) electrons. The van der Waals surface area contributed by atoms with Crippen molar-refractivity contribution in [1.29, 1.82) is 0 Å². The van der Waals surface area contributed by atoms with Crippen LogP contribution in [0.4, 0.5) is 10.1 Å². The Labute approximate surface area is 140 Å². The molecule has 0 unspecified atom stereocenters. The van der Waals surface area contributed by atoms with Crippen LogP contribution in [-0.2, 0) is 4.79 Å². The highest BCUT2D eigenvalue weighted by Crippen LogP contribution is 2.49. The zero-order valence-electron chi connectivity index (χ0n) is 13.5. The third-order valence-corrected chi connectivity index (χ3v) is 5.21. The van der Waals surface area contributed by atoms with Gasteiger partial charge in [0, 0.05) is 49.4 Å². The van der Waals surface area contributed by atoms with Crippen LogP contribution in [0, 0.1) is 11.2 Å². The number of hydrogen-bond acceptors (Lipinski definition) is 4. The first-order valence-corrected chi connectivity index (χ1v) is 8.35. The highest BCUT2D eigenvalue weighted by molar-refractivity contribution is 5.91. The van der Waals surface area contributed by atoms with Gasteiger partial charge in [-0.15, -0.1) is 0 Å². The fraction of sp³-hybridized carbons (Fsp3) is 0.444. The monoisotopic (exact) mass is 328 g/mol. The number of primary amides is 1. The number of carbonyl (C=O) groups is 1. The number of nitrogens with one attached hydrogen (secondary N) is 1. The average molecular weight is 328 g/mol. The number of fused-ring (bicyclic) bond motifs is 1. The molecule has 2 aliphatic rings. The molecule has 2 aromatic rings. The van der Waals surface area contributed by atoms with Gasteiger partial charge in [-0.1, -0.05) is 0 Å². The van der Waals surface area contributed by atoms with E-state index >= 15 is 0 Å². The molecule has 4 rings (SSSR count). The van der Waals surface area contributed by atoms with Gasteiger partial charge in [0.1, 0.15) is 5.82 Å². The molecule has 1 aliphatic carbocycles. The van der Waals surface area contributed by atoms with E-state index in [1.54, 1.807) is 12.3 Å². The van der Waals surface area contributed by atoms with Crippen molar-refractivity contribution in [3.63, 3.8) is 0 Å².